The molecule has 10 heteroatoms. The van der Waals surface area contributed by atoms with Crippen LogP contribution in [-0.4, -0.2) is 39.2 Å². The predicted molar refractivity (Wildman–Crippen MR) is 148 cm³/mol. The molecule has 0 aromatic heterocycles. The van der Waals surface area contributed by atoms with Crippen LogP contribution in [0.5, 0.6) is 23.0 Å². The van der Waals surface area contributed by atoms with Gasteiger partial charge in [-0.25, -0.2) is 0 Å². The van der Waals surface area contributed by atoms with Crippen LogP contribution >= 0.6 is 15.9 Å². The number of carbonyl (C=O) groups excluding carboxylic acids is 2. The summed E-state index contributed by atoms with van der Waals surface area (Å²) in [5, 5.41) is 15.1. The van der Waals surface area contributed by atoms with E-state index in [1.807, 2.05) is 6.07 Å². The van der Waals surface area contributed by atoms with Gasteiger partial charge in [0.2, 0.25) is 0 Å². The molecular formula is C28H26BrN3O6. The third kappa shape index (κ3) is 7.27. The summed E-state index contributed by atoms with van der Waals surface area (Å²) in [4.78, 5) is 25.3. The number of rotatable bonds is 11. The first-order valence-electron chi connectivity index (χ1n) is 11.5. The van der Waals surface area contributed by atoms with Crippen molar-refractivity contribution in [3.8, 4) is 29.1 Å². The van der Waals surface area contributed by atoms with Gasteiger partial charge in [0.25, 0.3) is 11.8 Å². The molecule has 3 rings (SSSR count). The minimum absolute atomic E-state index is 0.130. The second-order valence-corrected chi connectivity index (χ2v) is 8.48. The number of halogens is 1. The van der Waals surface area contributed by atoms with E-state index in [4.69, 9.17) is 18.9 Å². The van der Waals surface area contributed by atoms with Crippen molar-refractivity contribution < 1.29 is 28.5 Å². The number of hydrogen-bond donors (Lipinski definition) is 2. The summed E-state index contributed by atoms with van der Waals surface area (Å²) in [6, 6.07) is 19.1. The number of para-hydroxylation sites is 4. The van der Waals surface area contributed by atoms with Crippen molar-refractivity contribution in [2.24, 2.45) is 0 Å². The van der Waals surface area contributed by atoms with E-state index < -0.39 is 11.8 Å². The standard InChI is InChI=1S/C28H26BrN3O6/c1-4-37-25-15-18(13-19(16-30)28(34)32-22-10-6-8-12-24(22)36-3)14-20(29)27(25)38-17-26(33)31-21-9-5-7-11-23(21)35-2/h5-15H,4,17H2,1-3H3,(H,31,33)(H,32,34)/b19-13+. The minimum Gasteiger partial charge on any atom is -0.495 e. The lowest BCUT2D eigenvalue weighted by atomic mass is 10.1. The minimum atomic E-state index is -0.598. The van der Waals surface area contributed by atoms with Gasteiger partial charge in [0.1, 0.15) is 23.1 Å². The zero-order valence-electron chi connectivity index (χ0n) is 21.0. The van der Waals surface area contributed by atoms with E-state index in [1.165, 1.54) is 20.3 Å². The first kappa shape index (κ1) is 28.1. The van der Waals surface area contributed by atoms with Crippen LogP contribution < -0.4 is 29.6 Å². The largest absolute Gasteiger partial charge is 0.495 e. The van der Waals surface area contributed by atoms with E-state index in [1.54, 1.807) is 67.6 Å². The molecule has 3 aromatic rings. The van der Waals surface area contributed by atoms with Crippen LogP contribution in [0, 0.1) is 11.3 Å². The van der Waals surface area contributed by atoms with E-state index in [0.29, 0.717) is 51.0 Å². The lowest BCUT2D eigenvalue weighted by molar-refractivity contribution is -0.118. The maximum absolute atomic E-state index is 12.8. The molecule has 0 spiro atoms. The van der Waals surface area contributed by atoms with Crippen LogP contribution in [0.25, 0.3) is 6.08 Å². The fraction of sp³-hybridized carbons (Fsp3) is 0.179. The van der Waals surface area contributed by atoms with E-state index in [9.17, 15) is 14.9 Å². The number of carbonyl (C=O) groups is 2. The Labute approximate surface area is 229 Å². The number of nitrogens with zero attached hydrogens (tertiary/aromatic N) is 1. The van der Waals surface area contributed by atoms with E-state index in [2.05, 4.69) is 26.6 Å². The highest BCUT2D eigenvalue weighted by Crippen LogP contribution is 2.38. The first-order chi connectivity index (χ1) is 18.4. The highest BCUT2D eigenvalue weighted by atomic mass is 79.9. The Bertz CT molecular complexity index is 1380. The summed E-state index contributed by atoms with van der Waals surface area (Å²) in [5.41, 5.74) is 1.34. The van der Waals surface area contributed by atoms with Crippen molar-refractivity contribution >= 4 is 45.2 Å². The monoisotopic (exact) mass is 579 g/mol. The number of methoxy groups -OCH3 is 2. The Balaban J connectivity index is 1.79. The van der Waals surface area contributed by atoms with Gasteiger partial charge < -0.3 is 29.6 Å². The number of nitrogens with one attached hydrogen (secondary N) is 2. The third-order valence-electron chi connectivity index (χ3n) is 5.09. The number of benzene rings is 3. The van der Waals surface area contributed by atoms with Crippen molar-refractivity contribution in [1.29, 1.82) is 5.26 Å². The Morgan fingerprint density at radius 1 is 0.921 bits per heavy atom. The molecule has 0 aliphatic carbocycles. The summed E-state index contributed by atoms with van der Waals surface area (Å²) >= 11 is 3.44. The number of anilines is 2. The molecular weight excluding hydrogens is 554 g/mol. The molecule has 2 N–H and O–H groups in total. The molecule has 0 saturated carbocycles. The van der Waals surface area contributed by atoms with Gasteiger partial charge in [0.05, 0.1) is 36.7 Å². The topological polar surface area (TPSA) is 119 Å². The predicted octanol–water partition coefficient (Wildman–Crippen LogP) is 5.43. The Kier molecular flexibility index (Phi) is 10.1. The van der Waals surface area contributed by atoms with E-state index in [-0.39, 0.29) is 12.2 Å². The molecule has 0 fully saturated rings. The SMILES string of the molecule is CCOc1cc(/C=C(\C#N)C(=O)Nc2ccccc2OC)cc(Br)c1OCC(=O)Nc1ccccc1OC. The summed E-state index contributed by atoms with van der Waals surface area (Å²) in [7, 11) is 3.01. The maximum Gasteiger partial charge on any atom is 0.266 e. The van der Waals surface area contributed by atoms with Crippen molar-refractivity contribution in [2.75, 3.05) is 38.1 Å². The average Bonchev–Trinajstić information content (AvgIpc) is 2.92. The number of amides is 2. The van der Waals surface area contributed by atoms with Gasteiger partial charge in [0.15, 0.2) is 18.1 Å². The molecule has 0 atom stereocenters. The van der Waals surface area contributed by atoms with Gasteiger partial charge in [-0.1, -0.05) is 24.3 Å². The van der Waals surface area contributed by atoms with Gasteiger partial charge >= 0.3 is 0 Å². The zero-order chi connectivity index (χ0) is 27.5. The van der Waals surface area contributed by atoms with Gasteiger partial charge in [-0.2, -0.15) is 5.26 Å². The summed E-state index contributed by atoms with van der Waals surface area (Å²) < 4.78 is 22.4. The van der Waals surface area contributed by atoms with E-state index >= 15 is 0 Å². The number of nitriles is 1. The molecule has 0 aliphatic rings. The van der Waals surface area contributed by atoms with Crippen LogP contribution in [0.4, 0.5) is 11.4 Å². The normalized spacial score (nSPS) is 10.7. The Morgan fingerprint density at radius 3 is 2.11 bits per heavy atom. The summed E-state index contributed by atoms with van der Waals surface area (Å²) in [5.74, 6) is 0.635. The van der Waals surface area contributed by atoms with Crippen LogP contribution in [0.2, 0.25) is 0 Å². The van der Waals surface area contributed by atoms with Gasteiger partial charge in [-0.15, -0.1) is 0 Å². The Morgan fingerprint density at radius 2 is 1.53 bits per heavy atom. The molecule has 0 heterocycles. The van der Waals surface area contributed by atoms with Gasteiger partial charge in [-0.05, 0) is 70.9 Å². The van der Waals surface area contributed by atoms with Crippen LogP contribution in [0.3, 0.4) is 0 Å². The van der Waals surface area contributed by atoms with Crippen LogP contribution in [-0.2, 0) is 9.59 Å². The molecule has 0 radical (unpaired) electrons. The number of hydrogen-bond acceptors (Lipinski definition) is 7. The Hall–Kier alpha value is -4.49. The van der Waals surface area contributed by atoms with Crippen molar-refractivity contribution in [3.05, 3.63) is 76.3 Å². The third-order valence-corrected chi connectivity index (χ3v) is 5.68. The quantitative estimate of drug-likeness (QED) is 0.229. The molecule has 0 aliphatic heterocycles. The summed E-state index contributed by atoms with van der Waals surface area (Å²) in [6.45, 7) is 1.83. The first-order valence-corrected chi connectivity index (χ1v) is 12.3. The highest BCUT2D eigenvalue weighted by molar-refractivity contribution is 9.10. The van der Waals surface area contributed by atoms with Crippen molar-refractivity contribution in [3.63, 3.8) is 0 Å². The molecule has 38 heavy (non-hydrogen) atoms. The molecule has 196 valence electrons. The molecule has 0 unspecified atom stereocenters. The second-order valence-electron chi connectivity index (χ2n) is 7.62. The van der Waals surface area contributed by atoms with Gasteiger partial charge in [0, 0.05) is 0 Å². The average molecular weight is 580 g/mol. The lowest BCUT2D eigenvalue weighted by Crippen LogP contribution is -2.21. The fourth-order valence-electron chi connectivity index (χ4n) is 3.40. The maximum atomic E-state index is 12.8. The summed E-state index contributed by atoms with van der Waals surface area (Å²) in [6.07, 6.45) is 1.43. The van der Waals surface area contributed by atoms with E-state index in [0.717, 1.165) is 0 Å². The van der Waals surface area contributed by atoms with Gasteiger partial charge in [-0.3, -0.25) is 9.59 Å². The molecule has 0 bridgehead atoms. The lowest BCUT2D eigenvalue weighted by Gasteiger charge is -2.15. The van der Waals surface area contributed by atoms with Crippen molar-refractivity contribution in [1.82, 2.24) is 0 Å². The highest BCUT2D eigenvalue weighted by Gasteiger charge is 2.17. The zero-order valence-corrected chi connectivity index (χ0v) is 22.6. The molecule has 3 aromatic carbocycles. The van der Waals surface area contributed by atoms with Crippen LogP contribution in [0.15, 0.2) is 70.7 Å². The van der Waals surface area contributed by atoms with Crippen molar-refractivity contribution in [2.45, 2.75) is 6.92 Å². The second kappa shape index (κ2) is 13.7. The molecule has 9 nitrogen and oxygen atoms in total. The molecule has 2 amide bonds. The number of ether oxygens (including phenoxy) is 4. The smallest absolute Gasteiger partial charge is 0.266 e. The fourth-order valence-corrected chi connectivity index (χ4v) is 3.97. The van der Waals surface area contributed by atoms with Crippen LogP contribution in [0.1, 0.15) is 12.5 Å². The molecule has 0 saturated heterocycles.